The molecule has 0 bridgehead atoms. The highest BCUT2D eigenvalue weighted by atomic mass is 16.5. The number of aromatic nitrogens is 1. The first-order valence-corrected chi connectivity index (χ1v) is 7.47. The van der Waals surface area contributed by atoms with Crippen molar-refractivity contribution in [2.24, 2.45) is 5.92 Å². The van der Waals surface area contributed by atoms with Gasteiger partial charge in [-0.15, -0.1) is 0 Å². The lowest BCUT2D eigenvalue weighted by atomic mass is 10.0. The maximum Gasteiger partial charge on any atom is 0.339 e. The normalized spacial score (nSPS) is 11.9. The molecule has 0 N–H and O–H groups in total. The van der Waals surface area contributed by atoms with E-state index < -0.39 is 0 Å². The van der Waals surface area contributed by atoms with Crippen molar-refractivity contribution in [1.29, 1.82) is 0 Å². The van der Waals surface area contributed by atoms with Gasteiger partial charge in [0.05, 0.1) is 18.8 Å². The number of rotatable bonds is 9. The third-order valence-corrected chi connectivity index (χ3v) is 3.26. The van der Waals surface area contributed by atoms with Gasteiger partial charge in [0.25, 0.3) is 0 Å². The molecule has 1 rings (SSSR count). The van der Waals surface area contributed by atoms with Gasteiger partial charge in [0.1, 0.15) is 0 Å². The Morgan fingerprint density at radius 3 is 2.65 bits per heavy atom. The van der Waals surface area contributed by atoms with Crippen LogP contribution in [0.1, 0.15) is 56.8 Å². The zero-order valence-electron chi connectivity index (χ0n) is 12.7. The minimum atomic E-state index is -0.346. The van der Waals surface area contributed by atoms with E-state index in [0.29, 0.717) is 30.6 Å². The van der Waals surface area contributed by atoms with E-state index in [4.69, 9.17) is 9.47 Å². The molecule has 0 fully saturated rings. The smallest absolute Gasteiger partial charge is 0.339 e. The summed E-state index contributed by atoms with van der Waals surface area (Å²) < 4.78 is 10.6. The molecule has 1 atom stereocenters. The quantitative estimate of drug-likeness (QED) is 0.644. The molecule has 0 saturated heterocycles. The fourth-order valence-electron chi connectivity index (χ4n) is 1.90. The van der Waals surface area contributed by atoms with Crippen LogP contribution in [0.15, 0.2) is 18.3 Å². The summed E-state index contributed by atoms with van der Waals surface area (Å²) in [6, 6.07) is 3.41. The summed E-state index contributed by atoms with van der Waals surface area (Å²) in [5.41, 5.74) is 0.456. The van der Waals surface area contributed by atoms with E-state index in [0.717, 1.165) is 6.42 Å². The minimum Gasteiger partial charge on any atom is -0.477 e. The zero-order chi connectivity index (χ0) is 14.8. The van der Waals surface area contributed by atoms with Crippen molar-refractivity contribution < 1.29 is 14.3 Å². The predicted molar refractivity (Wildman–Crippen MR) is 79.0 cm³/mol. The van der Waals surface area contributed by atoms with Crippen LogP contribution in [0.3, 0.4) is 0 Å². The average molecular weight is 279 g/mol. The molecule has 0 aliphatic rings. The Hall–Kier alpha value is -1.58. The van der Waals surface area contributed by atoms with Crippen molar-refractivity contribution in [2.75, 3.05) is 13.2 Å². The van der Waals surface area contributed by atoms with E-state index in [1.54, 1.807) is 19.1 Å². The van der Waals surface area contributed by atoms with Gasteiger partial charge in [0.15, 0.2) is 0 Å². The number of unbranched alkanes of at least 4 members (excludes halogenated alkanes) is 1. The molecule has 0 aliphatic heterocycles. The SMILES string of the molecule is CCCCC(CC)COc1ccc(C(=O)OCC)cn1. The van der Waals surface area contributed by atoms with E-state index in [9.17, 15) is 4.79 Å². The summed E-state index contributed by atoms with van der Waals surface area (Å²) in [5, 5.41) is 0. The Labute approximate surface area is 121 Å². The number of carbonyl (C=O) groups is 1. The van der Waals surface area contributed by atoms with Crippen LogP contribution in [0.5, 0.6) is 5.88 Å². The van der Waals surface area contributed by atoms with E-state index in [1.165, 1.54) is 25.5 Å². The third-order valence-electron chi connectivity index (χ3n) is 3.26. The summed E-state index contributed by atoms with van der Waals surface area (Å²) in [5.74, 6) is 0.787. The minimum absolute atomic E-state index is 0.346. The summed E-state index contributed by atoms with van der Waals surface area (Å²) in [6.07, 6.45) is 6.25. The molecule has 0 aromatic carbocycles. The molecular weight excluding hydrogens is 254 g/mol. The van der Waals surface area contributed by atoms with E-state index in [2.05, 4.69) is 18.8 Å². The highest BCUT2D eigenvalue weighted by Crippen LogP contribution is 2.15. The van der Waals surface area contributed by atoms with Crippen molar-refractivity contribution in [1.82, 2.24) is 4.98 Å². The number of carbonyl (C=O) groups excluding carboxylic acids is 1. The van der Waals surface area contributed by atoms with Crippen LogP contribution in [0, 0.1) is 5.92 Å². The number of hydrogen-bond donors (Lipinski definition) is 0. The van der Waals surface area contributed by atoms with Gasteiger partial charge >= 0.3 is 5.97 Å². The number of hydrogen-bond acceptors (Lipinski definition) is 4. The van der Waals surface area contributed by atoms with E-state index in [-0.39, 0.29) is 5.97 Å². The second kappa shape index (κ2) is 9.34. The fourth-order valence-corrected chi connectivity index (χ4v) is 1.90. The maximum absolute atomic E-state index is 11.5. The molecule has 0 saturated carbocycles. The van der Waals surface area contributed by atoms with Crippen LogP contribution in [0.2, 0.25) is 0 Å². The number of ether oxygens (including phenoxy) is 2. The van der Waals surface area contributed by atoms with Gasteiger partial charge in [0, 0.05) is 12.3 Å². The highest BCUT2D eigenvalue weighted by molar-refractivity contribution is 5.89. The van der Waals surface area contributed by atoms with Gasteiger partial charge in [-0.3, -0.25) is 0 Å². The Morgan fingerprint density at radius 1 is 1.30 bits per heavy atom. The molecule has 1 heterocycles. The molecule has 4 nitrogen and oxygen atoms in total. The Balaban J connectivity index is 2.46. The van der Waals surface area contributed by atoms with Crippen molar-refractivity contribution in [3.63, 3.8) is 0 Å². The fraction of sp³-hybridized carbons (Fsp3) is 0.625. The molecule has 0 aliphatic carbocycles. The van der Waals surface area contributed by atoms with Crippen molar-refractivity contribution >= 4 is 5.97 Å². The second-order valence-corrected chi connectivity index (χ2v) is 4.83. The van der Waals surface area contributed by atoms with Crippen LogP contribution in [-0.4, -0.2) is 24.2 Å². The summed E-state index contributed by atoms with van der Waals surface area (Å²) in [7, 11) is 0. The highest BCUT2D eigenvalue weighted by Gasteiger charge is 2.09. The molecule has 20 heavy (non-hydrogen) atoms. The van der Waals surface area contributed by atoms with Crippen molar-refractivity contribution in [3.05, 3.63) is 23.9 Å². The van der Waals surface area contributed by atoms with Crippen molar-refractivity contribution in [3.8, 4) is 5.88 Å². The topological polar surface area (TPSA) is 48.4 Å². The van der Waals surface area contributed by atoms with Crippen LogP contribution < -0.4 is 4.74 Å². The first-order valence-electron chi connectivity index (χ1n) is 7.47. The average Bonchev–Trinajstić information content (AvgIpc) is 2.48. The van der Waals surface area contributed by atoms with Gasteiger partial charge in [-0.1, -0.05) is 33.1 Å². The third kappa shape index (κ3) is 5.59. The first-order chi connectivity index (χ1) is 9.71. The standard InChI is InChI=1S/C16H25NO3/c1-4-7-8-13(5-2)12-20-15-10-9-14(11-17-15)16(18)19-6-3/h9-11,13H,4-8,12H2,1-3H3. The summed E-state index contributed by atoms with van der Waals surface area (Å²) in [4.78, 5) is 15.6. The van der Waals surface area contributed by atoms with Crippen LogP contribution >= 0.6 is 0 Å². The van der Waals surface area contributed by atoms with Gasteiger partial charge < -0.3 is 9.47 Å². The van der Waals surface area contributed by atoms with Gasteiger partial charge in [-0.2, -0.15) is 0 Å². The van der Waals surface area contributed by atoms with Gasteiger partial charge in [0.2, 0.25) is 5.88 Å². The van der Waals surface area contributed by atoms with Crippen LogP contribution in [0.25, 0.3) is 0 Å². The largest absolute Gasteiger partial charge is 0.477 e. The summed E-state index contributed by atoms with van der Waals surface area (Å²) >= 11 is 0. The number of nitrogens with zero attached hydrogens (tertiary/aromatic N) is 1. The molecule has 0 amide bonds. The molecule has 1 aromatic rings. The second-order valence-electron chi connectivity index (χ2n) is 4.83. The van der Waals surface area contributed by atoms with Crippen molar-refractivity contribution in [2.45, 2.75) is 46.5 Å². The predicted octanol–water partition coefficient (Wildman–Crippen LogP) is 3.85. The monoisotopic (exact) mass is 279 g/mol. The Bertz CT molecular complexity index is 389. The first kappa shape index (κ1) is 16.5. The molecule has 1 unspecified atom stereocenters. The zero-order valence-corrected chi connectivity index (χ0v) is 12.7. The Morgan fingerprint density at radius 2 is 2.10 bits per heavy atom. The molecule has 0 spiro atoms. The number of esters is 1. The lowest BCUT2D eigenvalue weighted by molar-refractivity contribution is 0.0525. The van der Waals surface area contributed by atoms with Crippen LogP contribution in [-0.2, 0) is 4.74 Å². The molecule has 1 aromatic heterocycles. The van der Waals surface area contributed by atoms with Crippen LogP contribution in [0.4, 0.5) is 0 Å². The lowest BCUT2D eigenvalue weighted by Crippen LogP contribution is -2.12. The van der Waals surface area contributed by atoms with Gasteiger partial charge in [-0.25, -0.2) is 9.78 Å². The molecular formula is C16H25NO3. The van der Waals surface area contributed by atoms with E-state index in [1.807, 2.05) is 0 Å². The van der Waals surface area contributed by atoms with E-state index >= 15 is 0 Å². The maximum atomic E-state index is 11.5. The van der Waals surface area contributed by atoms with Gasteiger partial charge in [-0.05, 0) is 25.3 Å². The summed E-state index contributed by atoms with van der Waals surface area (Å²) in [6.45, 7) is 7.21. The molecule has 4 heteroatoms. The molecule has 0 radical (unpaired) electrons. The Kier molecular flexibility index (Phi) is 7.70. The molecule has 112 valence electrons. The number of pyridine rings is 1. The lowest BCUT2D eigenvalue weighted by Gasteiger charge is -2.15.